The molecule has 0 heterocycles. The van der Waals surface area contributed by atoms with Crippen molar-refractivity contribution >= 4 is 21.8 Å². The Hall–Kier alpha value is -0.870. The molecule has 2 N–H and O–H groups in total. The molecule has 0 spiro atoms. The molecule has 0 aliphatic rings. The summed E-state index contributed by atoms with van der Waals surface area (Å²) in [4.78, 5) is 11.8. The molecule has 0 radical (unpaired) electrons. The number of halogens is 1. The van der Waals surface area contributed by atoms with Gasteiger partial charge in [-0.25, -0.2) is 0 Å². The third-order valence-corrected chi connectivity index (χ3v) is 3.43. The number of aliphatic hydroxyl groups is 1. The van der Waals surface area contributed by atoms with Crippen molar-refractivity contribution in [1.29, 1.82) is 0 Å². The molecule has 0 aliphatic heterocycles. The number of carbonyl (C=O) groups excluding carboxylic acids is 1. The van der Waals surface area contributed by atoms with Crippen LogP contribution in [0, 0.1) is 6.92 Å². The number of nitrogens with one attached hydrogen (secondary N) is 1. The Morgan fingerprint density at radius 3 is 2.82 bits per heavy atom. The van der Waals surface area contributed by atoms with Crippen LogP contribution in [0.25, 0.3) is 0 Å². The minimum absolute atomic E-state index is 0.143. The number of rotatable bonds is 5. The Bertz CT molecular complexity index is 393. The van der Waals surface area contributed by atoms with Gasteiger partial charge in [0.25, 0.3) is 5.91 Å². The molecule has 1 rings (SSSR count). The lowest BCUT2D eigenvalue weighted by Crippen LogP contribution is -2.32. The highest BCUT2D eigenvalue weighted by molar-refractivity contribution is 9.10. The largest absolute Gasteiger partial charge is 0.391 e. The summed E-state index contributed by atoms with van der Waals surface area (Å²) < 4.78 is 0.986. The molecule has 1 atom stereocenters. The van der Waals surface area contributed by atoms with Gasteiger partial charge in [0.1, 0.15) is 0 Å². The summed E-state index contributed by atoms with van der Waals surface area (Å²) in [6.45, 7) is 4.25. The zero-order valence-corrected chi connectivity index (χ0v) is 11.8. The van der Waals surface area contributed by atoms with Gasteiger partial charge in [0.05, 0.1) is 6.10 Å². The molecule has 1 aromatic rings. The normalized spacial score (nSPS) is 12.2. The summed E-state index contributed by atoms with van der Waals surface area (Å²) in [5.74, 6) is -0.143. The van der Waals surface area contributed by atoms with Crippen molar-refractivity contribution in [1.82, 2.24) is 5.32 Å². The fraction of sp³-hybridized carbons (Fsp3) is 0.462. The van der Waals surface area contributed by atoms with Gasteiger partial charge < -0.3 is 10.4 Å². The van der Waals surface area contributed by atoms with Crippen molar-refractivity contribution in [3.63, 3.8) is 0 Å². The van der Waals surface area contributed by atoms with Gasteiger partial charge >= 0.3 is 0 Å². The van der Waals surface area contributed by atoms with Crippen LogP contribution in [0.15, 0.2) is 22.7 Å². The van der Waals surface area contributed by atoms with E-state index in [1.54, 1.807) is 6.07 Å². The van der Waals surface area contributed by atoms with Crippen LogP contribution in [0.2, 0.25) is 0 Å². The number of amides is 1. The molecule has 0 saturated carbocycles. The van der Waals surface area contributed by atoms with Gasteiger partial charge in [0.2, 0.25) is 0 Å². The fourth-order valence-electron chi connectivity index (χ4n) is 1.53. The van der Waals surface area contributed by atoms with Gasteiger partial charge in [0.15, 0.2) is 0 Å². The van der Waals surface area contributed by atoms with Crippen LogP contribution in [-0.4, -0.2) is 23.7 Å². The van der Waals surface area contributed by atoms with E-state index in [9.17, 15) is 9.90 Å². The van der Waals surface area contributed by atoms with Crippen LogP contribution in [0.5, 0.6) is 0 Å². The summed E-state index contributed by atoms with van der Waals surface area (Å²) in [6, 6.07) is 5.44. The van der Waals surface area contributed by atoms with Gasteiger partial charge in [0, 0.05) is 16.6 Å². The van der Waals surface area contributed by atoms with Gasteiger partial charge in [-0.15, -0.1) is 0 Å². The zero-order valence-electron chi connectivity index (χ0n) is 10.2. The smallest absolute Gasteiger partial charge is 0.251 e. The van der Waals surface area contributed by atoms with E-state index >= 15 is 0 Å². The Balaban J connectivity index is 2.55. The molecule has 0 saturated heterocycles. The standard InChI is InChI=1S/C13H18BrNO2/c1-3-4-11(16)8-15-13(17)10-5-6-12(14)9(2)7-10/h5-7,11,16H,3-4,8H2,1-2H3,(H,15,17). The second-order valence-corrected chi connectivity index (χ2v) is 4.97. The average molecular weight is 300 g/mol. The Morgan fingerprint density at radius 2 is 2.24 bits per heavy atom. The van der Waals surface area contributed by atoms with Crippen LogP contribution < -0.4 is 5.32 Å². The third-order valence-electron chi connectivity index (χ3n) is 2.54. The molecule has 94 valence electrons. The summed E-state index contributed by atoms with van der Waals surface area (Å²) in [7, 11) is 0. The molecule has 0 fully saturated rings. The van der Waals surface area contributed by atoms with E-state index in [-0.39, 0.29) is 5.91 Å². The lowest BCUT2D eigenvalue weighted by atomic mass is 10.1. The maximum atomic E-state index is 11.8. The molecule has 0 aromatic heterocycles. The number of hydrogen-bond donors (Lipinski definition) is 2. The van der Waals surface area contributed by atoms with Crippen molar-refractivity contribution in [2.24, 2.45) is 0 Å². The quantitative estimate of drug-likeness (QED) is 0.878. The van der Waals surface area contributed by atoms with Crippen molar-refractivity contribution < 1.29 is 9.90 Å². The minimum Gasteiger partial charge on any atom is -0.391 e. The predicted octanol–water partition coefficient (Wildman–Crippen LogP) is 2.65. The molecule has 0 aliphatic carbocycles. The molecule has 1 amide bonds. The lowest BCUT2D eigenvalue weighted by molar-refractivity contribution is 0.0910. The Morgan fingerprint density at radius 1 is 1.53 bits per heavy atom. The maximum Gasteiger partial charge on any atom is 0.251 e. The molecule has 1 aromatic carbocycles. The van der Waals surface area contributed by atoms with E-state index < -0.39 is 6.10 Å². The first-order chi connectivity index (χ1) is 8.04. The minimum atomic E-state index is -0.458. The molecule has 3 nitrogen and oxygen atoms in total. The Kier molecular flexibility index (Phi) is 5.65. The monoisotopic (exact) mass is 299 g/mol. The summed E-state index contributed by atoms with van der Waals surface area (Å²) >= 11 is 3.39. The topological polar surface area (TPSA) is 49.3 Å². The number of benzene rings is 1. The maximum absolute atomic E-state index is 11.8. The Labute approximate surface area is 110 Å². The van der Waals surface area contributed by atoms with Crippen LogP contribution in [0.3, 0.4) is 0 Å². The van der Waals surface area contributed by atoms with Crippen LogP contribution in [0.4, 0.5) is 0 Å². The van der Waals surface area contributed by atoms with Crippen molar-refractivity contribution in [3.8, 4) is 0 Å². The van der Waals surface area contributed by atoms with E-state index in [0.29, 0.717) is 18.5 Å². The summed E-state index contributed by atoms with van der Waals surface area (Å²) in [5.41, 5.74) is 1.64. The molecule has 4 heteroatoms. The number of aliphatic hydroxyl groups excluding tert-OH is 1. The fourth-order valence-corrected chi connectivity index (χ4v) is 1.78. The van der Waals surface area contributed by atoms with Gasteiger partial charge in [-0.05, 0) is 37.1 Å². The number of aryl methyl sites for hydroxylation is 1. The first kappa shape index (κ1) is 14.2. The zero-order chi connectivity index (χ0) is 12.8. The van der Waals surface area contributed by atoms with Crippen molar-refractivity contribution in [2.75, 3.05) is 6.54 Å². The number of hydrogen-bond acceptors (Lipinski definition) is 2. The van der Waals surface area contributed by atoms with E-state index in [0.717, 1.165) is 16.5 Å². The average Bonchev–Trinajstić information content (AvgIpc) is 2.30. The second-order valence-electron chi connectivity index (χ2n) is 4.12. The van der Waals surface area contributed by atoms with E-state index in [1.807, 2.05) is 26.0 Å². The first-order valence-corrected chi connectivity index (χ1v) is 6.56. The molecular formula is C13H18BrNO2. The van der Waals surface area contributed by atoms with Crippen LogP contribution in [0.1, 0.15) is 35.7 Å². The van der Waals surface area contributed by atoms with E-state index in [4.69, 9.17) is 0 Å². The number of carbonyl (C=O) groups is 1. The van der Waals surface area contributed by atoms with E-state index in [2.05, 4.69) is 21.2 Å². The molecule has 1 unspecified atom stereocenters. The highest BCUT2D eigenvalue weighted by Crippen LogP contribution is 2.16. The molecule has 0 bridgehead atoms. The van der Waals surface area contributed by atoms with Crippen LogP contribution in [-0.2, 0) is 0 Å². The highest BCUT2D eigenvalue weighted by Gasteiger charge is 2.09. The van der Waals surface area contributed by atoms with E-state index in [1.165, 1.54) is 0 Å². The SMILES string of the molecule is CCCC(O)CNC(=O)c1ccc(Br)c(C)c1. The van der Waals surface area contributed by atoms with Crippen molar-refractivity contribution in [3.05, 3.63) is 33.8 Å². The predicted molar refractivity (Wildman–Crippen MR) is 72.1 cm³/mol. The first-order valence-electron chi connectivity index (χ1n) is 5.77. The summed E-state index contributed by atoms with van der Waals surface area (Å²) in [5, 5.41) is 12.2. The lowest BCUT2D eigenvalue weighted by Gasteiger charge is -2.11. The van der Waals surface area contributed by atoms with Gasteiger partial charge in [-0.1, -0.05) is 29.3 Å². The second kappa shape index (κ2) is 6.77. The third kappa shape index (κ3) is 4.48. The van der Waals surface area contributed by atoms with Crippen LogP contribution >= 0.6 is 15.9 Å². The molecular weight excluding hydrogens is 282 g/mol. The molecule has 17 heavy (non-hydrogen) atoms. The van der Waals surface area contributed by atoms with Crippen molar-refractivity contribution in [2.45, 2.75) is 32.8 Å². The van der Waals surface area contributed by atoms with Gasteiger partial charge in [-0.3, -0.25) is 4.79 Å². The highest BCUT2D eigenvalue weighted by atomic mass is 79.9. The summed E-state index contributed by atoms with van der Waals surface area (Å²) in [6.07, 6.45) is 1.16. The van der Waals surface area contributed by atoms with Gasteiger partial charge in [-0.2, -0.15) is 0 Å².